The van der Waals surface area contributed by atoms with E-state index in [0.29, 0.717) is 46.7 Å². The van der Waals surface area contributed by atoms with Crippen LogP contribution in [0.2, 0.25) is 0 Å². The molecule has 6 saturated heterocycles. The zero-order valence-electron chi connectivity index (χ0n) is 64.7. The summed E-state index contributed by atoms with van der Waals surface area (Å²) < 4.78 is 10.6. The van der Waals surface area contributed by atoms with Crippen LogP contribution in [0.15, 0.2) is 148 Å². The van der Waals surface area contributed by atoms with Crippen LogP contribution >= 0.6 is 0 Å². The maximum absolute atomic E-state index is 12.2. The lowest BCUT2D eigenvalue weighted by Crippen LogP contribution is -2.68. The highest BCUT2D eigenvalue weighted by atomic mass is 16.2. The fraction of sp³-hybridized carbons (Fsp3) is 0.352. The number of amides is 3. The lowest BCUT2D eigenvalue weighted by atomic mass is 9.64. The fourth-order valence-electron chi connectivity index (χ4n) is 19.6. The van der Waals surface area contributed by atoms with Gasteiger partial charge in [-0.25, -0.2) is 28.5 Å². The third-order valence-corrected chi connectivity index (χ3v) is 25.1. The number of hydrogen-bond acceptors (Lipinski definition) is 18. The predicted octanol–water partition coefficient (Wildman–Crippen LogP) is 10.8. The van der Waals surface area contributed by atoms with Crippen LogP contribution in [0.3, 0.4) is 0 Å². The quantitative estimate of drug-likeness (QED) is 0.0852. The van der Waals surface area contributed by atoms with E-state index in [1.807, 2.05) is 95.5 Å². The standard InChI is InChI=1S/C30H28N8O.C30H30N8O.C28H26N8O/c1-3-28(39)35-30(23-5-6-23)11-25-8-7-24(30)18-37(25)27-9-4-19(13-32-27)26-10-20(22-15-33-36(2)16-22)17-38-29(26)21(12-31)14-34-38;1-5-28(39)35-30(19(2)3)11-24-7-8-25(12-30)38(24)27-9-6-20(14-32-27)26-10-21(23-16-33-36(4)17-23)18-37-29(26)22(13-31)15-34-37;1-4-26(37)33-28(2)10-22-6-7-23(11-28)36(22)25-8-5-18(13-30-25)24-9-19(21-15-31-34(3)16-21)17-35-27(24)20(12-29)14-32-35/h1,4,9-10,13-17,23-25H,5-8,11,18H2,2H3,(H,35,39);1,6,9-10,14-19,24-25H,7-8,11-12H2,2-4H3,(H,35,39);1,5,8-9,13-17,22-23H,6-7,10-11H2,2-3H3,(H,33,37). The number of aryl methyl sites for hydroxylation is 3. The van der Waals surface area contributed by atoms with Crippen molar-refractivity contribution in [3.63, 3.8) is 0 Å². The lowest BCUT2D eigenvalue weighted by Gasteiger charge is -2.57. The van der Waals surface area contributed by atoms with Gasteiger partial charge >= 0.3 is 0 Å². The van der Waals surface area contributed by atoms with E-state index in [9.17, 15) is 30.2 Å². The Morgan fingerprint density at radius 3 is 1.14 bits per heavy atom. The SMILES string of the molecule is C#CC(=O)NC1(C(C)C)CC2CCC(C1)N2c1ccc(-c2cc(-c3cnn(C)c3)cn3ncc(C#N)c23)cn1.C#CC(=O)NC1(C)CC2CCC(C1)N2c1ccc(-c2cc(-c3cnn(C)c3)cn3ncc(C#N)c23)cn1.C#CC(=O)NC1(C2CC2)CC2CCC1CN2c1ccc(-c2cc(-c3cnn(C)c3)cn3ncc(C#N)c23)cn1. The summed E-state index contributed by atoms with van der Waals surface area (Å²) in [5.41, 5.74) is 14.2. The summed E-state index contributed by atoms with van der Waals surface area (Å²) in [7, 11) is 5.65. The third-order valence-electron chi connectivity index (χ3n) is 25.1. The lowest BCUT2D eigenvalue weighted by molar-refractivity contribution is -0.120. The summed E-state index contributed by atoms with van der Waals surface area (Å²) >= 11 is 0. The summed E-state index contributed by atoms with van der Waals surface area (Å²) in [6, 6.07) is 26.9. The monoisotopic (exact) mass is 1520 g/mol. The summed E-state index contributed by atoms with van der Waals surface area (Å²) in [4.78, 5) is 58.2. The number of rotatable bonds is 14. The van der Waals surface area contributed by atoms with Gasteiger partial charge in [0.1, 0.15) is 35.7 Å². The number of nitrogens with zero attached hydrogens (tertiary/aromatic N) is 21. The Labute approximate surface area is 665 Å². The van der Waals surface area contributed by atoms with E-state index in [0.717, 1.165) is 191 Å². The van der Waals surface area contributed by atoms with E-state index < -0.39 is 0 Å². The van der Waals surface area contributed by atoms with Gasteiger partial charge in [0.25, 0.3) is 17.7 Å². The van der Waals surface area contributed by atoms with Gasteiger partial charge in [-0.3, -0.25) is 28.4 Å². The molecule has 6 aliphatic heterocycles. The van der Waals surface area contributed by atoms with Crippen LogP contribution in [0, 0.1) is 88.8 Å². The molecule has 27 nitrogen and oxygen atoms in total. The van der Waals surface area contributed by atoms with Gasteiger partial charge in [0.2, 0.25) is 0 Å². The molecule has 27 heteroatoms. The number of pyridine rings is 6. The number of aromatic nitrogens is 15. The highest BCUT2D eigenvalue weighted by Crippen LogP contribution is 2.55. The van der Waals surface area contributed by atoms with Gasteiger partial charge in [-0.1, -0.05) is 13.8 Å². The molecule has 8 aliphatic rings. The third kappa shape index (κ3) is 13.6. The molecule has 2 aliphatic carbocycles. The molecular weight excluding hydrogens is 1440 g/mol. The molecule has 3 N–H and O–H groups in total. The highest BCUT2D eigenvalue weighted by molar-refractivity contribution is 5.95. The van der Waals surface area contributed by atoms with Crippen molar-refractivity contribution in [2.45, 2.75) is 151 Å². The van der Waals surface area contributed by atoms with E-state index in [-0.39, 0.29) is 52.3 Å². The Bertz CT molecular complexity index is 6080. The molecule has 115 heavy (non-hydrogen) atoms. The largest absolute Gasteiger partial charge is 0.353 e. The van der Waals surface area contributed by atoms with Crippen LogP contribution in [-0.2, 0) is 35.5 Å². The van der Waals surface area contributed by atoms with Gasteiger partial charge < -0.3 is 30.7 Å². The van der Waals surface area contributed by atoms with Gasteiger partial charge in [0.05, 0.1) is 76.0 Å². The molecule has 574 valence electrons. The van der Waals surface area contributed by atoms with Crippen molar-refractivity contribution < 1.29 is 14.4 Å². The predicted molar refractivity (Wildman–Crippen MR) is 434 cm³/mol. The number of nitrogens with one attached hydrogen (secondary N) is 3. The van der Waals surface area contributed by atoms with Gasteiger partial charge in [-0.15, -0.1) is 19.3 Å². The van der Waals surface area contributed by atoms with Crippen molar-refractivity contribution in [3.8, 4) is 122 Å². The van der Waals surface area contributed by atoms with Crippen LogP contribution in [0.25, 0.3) is 83.3 Å². The second kappa shape index (κ2) is 29.3. The van der Waals surface area contributed by atoms with Crippen molar-refractivity contribution in [1.29, 1.82) is 15.8 Å². The molecule has 7 atom stereocenters. The minimum atomic E-state index is -0.353. The number of hydrogen-bond donors (Lipinski definition) is 3. The Hall–Kier alpha value is -13.9. The van der Waals surface area contributed by atoms with Crippen molar-refractivity contribution in [1.82, 2.24) is 89.1 Å². The van der Waals surface area contributed by atoms with Crippen LogP contribution in [-0.4, -0.2) is 144 Å². The van der Waals surface area contributed by atoms with Gasteiger partial charge in [-0.05, 0) is 175 Å². The number of carbonyl (C=O) groups is 3. The number of carbonyl (C=O) groups excluding carboxylic acids is 3. The number of piperidine rings is 4. The van der Waals surface area contributed by atoms with Crippen molar-refractivity contribution in [2.24, 2.45) is 38.9 Å². The molecule has 0 radical (unpaired) electrons. The maximum atomic E-state index is 12.2. The van der Waals surface area contributed by atoms with E-state index >= 15 is 0 Å². The van der Waals surface area contributed by atoms with Crippen LogP contribution in [0.5, 0.6) is 0 Å². The Balaban J connectivity index is 0.000000124. The molecular formula is C88H84N24O3. The molecule has 12 aromatic rings. The molecule has 12 aromatic heterocycles. The summed E-state index contributed by atoms with van der Waals surface area (Å²) in [6.45, 7) is 7.26. The van der Waals surface area contributed by atoms with Crippen molar-refractivity contribution >= 4 is 51.7 Å². The first-order chi connectivity index (χ1) is 55.7. The summed E-state index contributed by atoms with van der Waals surface area (Å²) in [6.07, 6.45) is 56.6. The average Bonchev–Trinajstić information content (AvgIpc) is 1.69. The molecule has 3 amide bonds. The minimum absolute atomic E-state index is 0.184. The number of terminal acetylenes is 3. The molecule has 0 aromatic carbocycles. The second-order valence-corrected chi connectivity index (χ2v) is 32.4. The average molecular weight is 1530 g/mol. The van der Waals surface area contributed by atoms with Crippen LogP contribution < -0.4 is 30.7 Å². The van der Waals surface area contributed by atoms with E-state index in [4.69, 9.17) is 34.2 Å². The molecule has 18 heterocycles. The highest BCUT2D eigenvalue weighted by Gasteiger charge is 2.58. The van der Waals surface area contributed by atoms with E-state index in [1.165, 1.54) is 0 Å². The second-order valence-electron chi connectivity index (χ2n) is 32.4. The zero-order chi connectivity index (χ0) is 79.8. The first-order valence-electron chi connectivity index (χ1n) is 39.0. The summed E-state index contributed by atoms with van der Waals surface area (Å²) in [5, 5.41) is 64.9. The smallest absolute Gasteiger partial charge is 0.296 e. The number of nitriles is 3. The normalized spacial score (nSPS) is 22.9. The molecule has 7 unspecified atom stereocenters. The Kier molecular flexibility index (Phi) is 18.8. The van der Waals surface area contributed by atoms with Crippen LogP contribution in [0.4, 0.5) is 17.5 Å². The van der Waals surface area contributed by atoms with E-state index in [2.05, 4.69) is 173 Å². The number of fused-ring (bicyclic) bond motifs is 10. The van der Waals surface area contributed by atoms with E-state index in [1.54, 1.807) is 46.2 Å². The maximum Gasteiger partial charge on any atom is 0.296 e. The molecule has 8 fully saturated rings. The summed E-state index contributed by atoms with van der Waals surface area (Å²) in [5.74, 6) is 9.66. The molecule has 20 rings (SSSR count). The minimum Gasteiger partial charge on any atom is -0.353 e. The first-order valence-corrected chi connectivity index (χ1v) is 39.0. The van der Waals surface area contributed by atoms with Crippen molar-refractivity contribution in [2.75, 3.05) is 21.2 Å². The van der Waals surface area contributed by atoms with Crippen LogP contribution in [0.1, 0.15) is 121 Å². The number of anilines is 3. The first kappa shape index (κ1) is 73.9. The fourth-order valence-corrected chi connectivity index (χ4v) is 19.6. The molecule has 2 saturated carbocycles. The zero-order valence-corrected chi connectivity index (χ0v) is 64.7. The van der Waals surface area contributed by atoms with Gasteiger partial charge in [0, 0.05) is 197 Å². The molecule has 6 bridgehead atoms. The Morgan fingerprint density at radius 2 is 0.800 bits per heavy atom. The Morgan fingerprint density at radius 1 is 0.426 bits per heavy atom. The van der Waals surface area contributed by atoms with Crippen molar-refractivity contribution in [3.05, 3.63) is 164 Å². The van der Waals surface area contributed by atoms with Gasteiger partial charge in [0.15, 0.2) is 0 Å². The topological polar surface area (TPSA) is 312 Å². The molecule has 0 spiro atoms. The van der Waals surface area contributed by atoms with Gasteiger partial charge in [-0.2, -0.15) is 46.4 Å².